The Bertz CT molecular complexity index is 363. The minimum absolute atomic E-state index is 0.0104. The molecule has 0 fully saturated rings. The highest BCUT2D eigenvalue weighted by Gasteiger charge is 2.09. The molecule has 0 spiro atoms. The van der Waals surface area contributed by atoms with Gasteiger partial charge >= 0.3 is 0 Å². The van der Waals surface area contributed by atoms with Crippen molar-refractivity contribution in [3.05, 3.63) is 29.8 Å². The van der Waals surface area contributed by atoms with E-state index in [0.717, 1.165) is 24.3 Å². The number of amides is 1. The zero-order valence-electron chi connectivity index (χ0n) is 11.1. The lowest BCUT2D eigenvalue weighted by molar-refractivity contribution is -0.124. The van der Waals surface area contributed by atoms with Gasteiger partial charge in [0.25, 0.3) is 0 Å². The molecule has 0 bridgehead atoms. The molecule has 1 unspecified atom stereocenters. The van der Waals surface area contributed by atoms with E-state index < -0.39 is 0 Å². The number of hydrogen-bond donors (Lipinski definition) is 2. The molecule has 0 saturated heterocycles. The van der Waals surface area contributed by atoms with Crippen molar-refractivity contribution >= 4 is 5.91 Å². The molecule has 0 radical (unpaired) electrons. The maximum Gasteiger partial charge on any atom is 0.224 e. The normalized spacial score (nSPS) is 11.9. The van der Waals surface area contributed by atoms with Gasteiger partial charge in [-0.3, -0.25) is 4.79 Å². The molecule has 0 saturated carbocycles. The predicted octanol–water partition coefficient (Wildman–Crippen LogP) is 1.69. The number of carbonyl (C=O) groups is 1. The van der Waals surface area contributed by atoms with Crippen molar-refractivity contribution in [2.24, 2.45) is 11.7 Å². The molecule has 1 rings (SSSR count). The Morgan fingerprint density at radius 1 is 1.39 bits per heavy atom. The number of nitrogens with two attached hydrogens (primary N) is 1. The Hall–Kier alpha value is -1.55. The average molecular weight is 250 g/mol. The van der Waals surface area contributed by atoms with E-state index in [4.69, 9.17) is 10.5 Å². The summed E-state index contributed by atoms with van der Waals surface area (Å²) in [5, 5.41) is 2.85. The maximum atomic E-state index is 11.5. The van der Waals surface area contributed by atoms with Gasteiger partial charge in [0.15, 0.2) is 0 Å². The van der Waals surface area contributed by atoms with Gasteiger partial charge in [-0.15, -0.1) is 0 Å². The summed E-state index contributed by atoms with van der Waals surface area (Å²) in [7, 11) is 0. The second kappa shape index (κ2) is 7.71. The van der Waals surface area contributed by atoms with Gasteiger partial charge in [-0.25, -0.2) is 0 Å². The molecule has 1 atom stereocenters. The second-order valence-electron chi connectivity index (χ2n) is 4.35. The van der Waals surface area contributed by atoms with E-state index >= 15 is 0 Å². The van der Waals surface area contributed by atoms with E-state index in [1.165, 1.54) is 0 Å². The Kier molecular flexibility index (Phi) is 6.22. The summed E-state index contributed by atoms with van der Waals surface area (Å²) in [6.07, 6.45) is 0.995. The van der Waals surface area contributed by atoms with Gasteiger partial charge in [0.1, 0.15) is 5.75 Å². The molecule has 1 aromatic carbocycles. The first kappa shape index (κ1) is 14.5. The number of benzene rings is 1. The topological polar surface area (TPSA) is 64.3 Å². The summed E-state index contributed by atoms with van der Waals surface area (Å²) in [5.74, 6) is 0.711. The molecule has 18 heavy (non-hydrogen) atoms. The minimum atomic E-state index is -0.142. The summed E-state index contributed by atoms with van der Waals surface area (Å²) in [4.78, 5) is 11.5. The molecular weight excluding hydrogens is 228 g/mol. The van der Waals surface area contributed by atoms with Crippen molar-refractivity contribution in [3.8, 4) is 5.75 Å². The Labute approximate surface area is 109 Å². The molecule has 4 heteroatoms. The average Bonchev–Trinajstić information content (AvgIpc) is 2.42. The number of carbonyl (C=O) groups excluding carboxylic acids is 1. The largest absolute Gasteiger partial charge is 0.494 e. The quantitative estimate of drug-likeness (QED) is 0.774. The van der Waals surface area contributed by atoms with Crippen LogP contribution in [0, 0.1) is 5.92 Å². The van der Waals surface area contributed by atoms with Gasteiger partial charge in [-0.2, -0.15) is 0 Å². The lowest BCUT2D eigenvalue weighted by atomic mass is 10.1. The van der Waals surface area contributed by atoms with Gasteiger partial charge in [-0.05, 0) is 24.1 Å². The van der Waals surface area contributed by atoms with Crippen LogP contribution >= 0.6 is 0 Å². The highest BCUT2D eigenvalue weighted by Crippen LogP contribution is 2.12. The number of rotatable bonds is 7. The monoisotopic (exact) mass is 250 g/mol. The van der Waals surface area contributed by atoms with Crippen molar-refractivity contribution in [3.63, 3.8) is 0 Å². The van der Waals surface area contributed by atoms with E-state index in [9.17, 15) is 4.79 Å². The first-order valence-electron chi connectivity index (χ1n) is 6.37. The van der Waals surface area contributed by atoms with Crippen LogP contribution in [0.3, 0.4) is 0 Å². The molecule has 0 aliphatic carbocycles. The summed E-state index contributed by atoms with van der Waals surface area (Å²) >= 11 is 0. The second-order valence-corrected chi connectivity index (χ2v) is 4.35. The molecule has 1 amide bonds. The fourth-order valence-corrected chi connectivity index (χ4v) is 1.39. The standard InChI is InChI=1S/C14H22N2O2/c1-3-8-18-13-6-4-12(5-7-13)10-16-14(17)11(2)9-15/h4-7,11H,3,8-10,15H2,1-2H3,(H,16,17). The number of nitrogens with one attached hydrogen (secondary N) is 1. The van der Waals surface area contributed by atoms with Gasteiger partial charge in [0.05, 0.1) is 6.61 Å². The molecule has 0 heterocycles. The first-order chi connectivity index (χ1) is 8.67. The fraction of sp³-hybridized carbons (Fsp3) is 0.500. The third-order valence-electron chi connectivity index (χ3n) is 2.66. The van der Waals surface area contributed by atoms with Gasteiger partial charge < -0.3 is 15.8 Å². The molecule has 4 nitrogen and oxygen atoms in total. The molecule has 3 N–H and O–H groups in total. The van der Waals surface area contributed by atoms with Crippen LogP contribution in [-0.2, 0) is 11.3 Å². The van der Waals surface area contributed by atoms with Crippen LogP contribution in [0.15, 0.2) is 24.3 Å². The van der Waals surface area contributed by atoms with Crippen molar-refractivity contribution in [2.75, 3.05) is 13.2 Å². The summed E-state index contributed by atoms with van der Waals surface area (Å²) in [6, 6.07) is 7.75. The van der Waals surface area contributed by atoms with Crippen LogP contribution in [0.1, 0.15) is 25.8 Å². The molecule has 0 aliphatic heterocycles. The van der Waals surface area contributed by atoms with E-state index in [1.54, 1.807) is 0 Å². The number of hydrogen-bond acceptors (Lipinski definition) is 3. The van der Waals surface area contributed by atoms with E-state index in [1.807, 2.05) is 31.2 Å². The first-order valence-corrected chi connectivity index (χ1v) is 6.37. The van der Waals surface area contributed by atoms with Gasteiger partial charge in [0.2, 0.25) is 5.91 Å². The van der Waals surface area contributed by atoms with Crippen LogP contribution in [0.4, 0.5) is 0 Å². The highest BCUT2D eigenvalue weighted by atomic mass is 16.5. The van der Waals surface area contributed by atoms with Crippen LogP contribution in [0.5, 0.6) is 5.75 Å². The molecule has 1 aromatic rings. The third kappa shape index (κ3) is 4.75. The van der Waals surface area contributed by atoms with Crippen LogP contribution in [0.25, 0.3) is 0 Å². The Balaban J connectivity index is 2.41. The minimum Gasteiger partial charge on any atom is -0.494 e. The maximum absolute atomic E-state index is 11.5. The number of ether oxygens (including phenoxy) is 1. The third-order valence-corrected chi connectivity index (χ3v) is 2.66. The van der Waals surface area contributed by atoms with Crippen molar-refractivity contribution < 1.29 is 9.53 Å². The van der Waals surface area contributed by atoms with Crippen molar-refractivity contribution in [1.82, 2.24) is 5.32 Å². The Morgan fingerprint density at radius 2 is 2.06 bits per heavy atom. The highest BCUT2D eigenvalue weighted by molar-refractivity contribution is 5.78. The lowest BCUT2D eigenvalue weighted by Gasteiger charge is -2.10. The summed E-state index contributed by atoms with van der Waals surface area (Å²) in [6.45, 7) is 5.51. The molecular formula is C14H22N2O2. The van der Waals surface area contributed by atoms with Gasteiger partial charge in [-0.1, -0.05) is 26.0 Å². The van der Waals surface area contributed by atoms with Crippen molar-refractivity contribution in [1.29, 1.82) is 0 Å². The smallest absolute Gasteiger partial charge is 0.224 e. The zero-order valence-corrected chi connectivity index (χ0v) is 11.1. The molecule has 0 aromatic heterocycles. The lowest BCUT2D eigenvalue weighted by Crippen LogP contribution is -2.32. The SMILES string of the molecule is CCCOc1ccc(CNC(=O)C(C)CN)cc1. The zero-order chi connectivity index (χ0) is 13.4. The van der Waals surface area contributed by atoms with Crippen molar-refractivity contribution in [2.45, 2.75) is 26.8 Å². The van der Waals surface area contributed by atoms with E-state index in [2.05, 4.69) is 12.2 Å². The van der Waals surface area contributed by atoms with Crippen LogP contribution in [0.2, 0.25) is 0 Å². The summed E-state index contributed by atoms with van der Waals surface area (Å²) in [5.41, 5.74) is 6.48. The van der Waals surface area contributed by atoms with Gasteiger partial charge in [0, 0.05) is 19.0 Å². The van der Waals surface area contributed by atoms with Crippen LogP contribution in [-0.4, -0.2) is 19.1 Å². The fourth-order valence-electron chi connectivity index (χ4n) is 1.39. The summed E-state index contributed by atoms with van der Waals surface area (Å²) < 4.78 is 5.49. The predicted molar refractivity (Wildman–Crippen MR) is 72.3 cm³/mol. The Morgan fingerprint density at radius 3 is 2.61 bits per heavy atom. The van der Waals surface area contributed by atoms with Crippen LogP contribution < -0.4 is 15.8 Å². The molecule has 100 valence electrons. The molecule has 0 aliphatic rings. The van der Waals surface area contributed by atoms with E-state index in [0.29, 0.717) is 13.1 Å². The van der Waals surface area contributed by atoms with E-state index in [-0.39, 0.29) is 11.8 Å².